The molecule has 0 aliphatic carbocycles. The fourth-order valence-electron chi connectivity index (χ4n) is 2.77. The highest BCUT2D eigenvalue weighted by Gasteiger charge is 2.43. The first-order valence-electron chi connectivity index (χ1n) is 8.09. The van der Waals surface area contributed by atoms with Crippen LogP contribution >= 0.6 is 46.4 Å². The molecule has 2 aromatic rings. The largest absolute Gasteiger partial charge is 0.491 e. The van der Waals surface area contributed by atoms with Gasteiger partial charge in [-0.15, -0.1) is 0 Å². The lowest BCUT2D eigenvalue weighted by atomic mass is 10.1. The molecule has 1 saturated heterocycles. The first kappa shape index (κ1) is 21.5. The minimum Gasteiger partial charge on any atom is -0.491 e. The zero-order valence-electron chi connectivity index (χ0n) is 14.5. The highest BCUT2D eigenvalue weighted by Crippen LogP contribution is 2.34. The van der Waals surface area contributed by atoms with Crippen LogP contribution in [0.2, 0.25) is 20.1 Å². The Kier molecular flexibility index (Phi) is 7.31. The van der Waals surface area contributed by atoms with Gasteiger partial charge in [0.2, 0.25) is 0 Å². The Morgan fingerprint density at radius 3 is 1.96 bits per heavy atom. The number of hydrogen-bond donors (Lipinski definition) is 0. The van der Waals surface area contributed by atoms with E-state index in [4.69, 9.17) is 65.4 Å². The molecule has 3 rings (SSSR count). The summed E-state index contributed by atoms with van der Waals surface area (Å²) < 4.78 is 36.1. The second-order valence-corrected chi connectivity index (χ2v) is 7.66. The quantitative estimate of drug-likeness (QED) is 0.495. The van der Waals surface area contributed by atoms with Crippen molar-refractivity contribution in [1.29, 1.82) is 0 Å². The third-order valence-corrected chi connectivity index (χ3v) is 4.80. The van der Waals surface area contributed by atoms with E-state index in [-0.39, 0.29) is 12.2 Å². The third kappa shape index (κ3) is 5.23. The third-order valence-electron chi connectivity index (χ3n) is 3.93. The highest BCUT2D eigenvalue weighted by molar-refractivity contribution is 6.35. The van der Waals surface area contributed by atoms with Crippen molar-refractivity contribution >= 4 is 46.4 Å². The van der Waals surface area contributed by atoms with Crippen LogP contribution in [0.25, 0.3) is 0 Å². The molecule has 1 fully saturated rings. The maximum absolute atomic E-state index is 13.6. The molecule has 1 aliphatic heterocycles. The molecule has 150 valence electrons. The number of rotatable bonds is 6. The Bertz CT molecular complexity index is 837. The first-order chi connectivity index (χ1) is 13.4. The summed E-state index contributed by atoms with van der Waals surface area (Å²) in [5.41, 5.74) is 0.177. The maximum Gasteiger partial charge on any atom is 0.186 e. The lowest BCUT2D eigenvalue weighted by Crippen LogP contribution is -2.33. The van der Waals surface area contributed by atoms with Gasteiger partial charge >= 0.3 is 0 Å². The molecule has 0 aromatic heterocycles. The van der Waals surface area contributed by atoms with Gasteiger partial charge in [-0.2, -0.15) is 0 Å². The van der Waals surface area contributed by atoms with Crippen LogP contribution in [0.5, 0.6) is 11.5 Å². The minimum absolute atomic E-state index is 0.0346. The number of hydrogen-bond acceptors (Lipinski definition) is 4. The SMILES string of the molecule is CO[C@H]1O[C@H](COc2cc(Cl)cc(Cl)c2)[C@@H](Oc2cc(Cl)cc(Cl)c2)C1=CF. The van der Waals surface area contributed by atoms with Crippen LogP contribution < -0.4 is 9.47 Å². The van der Waals surface area contributed by atoms with E-state index in [0.29, 0.717) is 37.9 Å². The van der Waals surface area contributed by atoms with Crippen LogP contribution in [-0.2, 0) is 9.47 Å². The molecule has 0 amide bonds. The van der Waals surface area contributed by atoms with Gasteiger partial charge in [-0.1, -0.05) is 46.4 Å². The van der Waals surface area contributed by atoms with Gasteiger partial charge < -0.3 is 18.9 Å². The molecule has 1 aliphatic rings. The number of methoxy groups -OCH3 is 1. The Morgan fingerprint density at radius 2 is 1.46 bits per heavy atom. The number of halogens is 5. The van der Waals surface area contributed by atoms with Gasteiger partial charge in [-0.3, -0.25) is 0 Å². The van der Waals surface area contributed by atoms with Crippen molar-refractivity contribution in [3.05, 3.63) is 68.4 Å². The highest BCUT2D eigenvalue weighted by atomic mass is 35.5. The normalized spacial score (nSPS) is 23.2. The summed E-state index contributed by atoms with van der Waals surface area (Å²) in [4.78, 5) is 0. The van der Waals surface area contributed by atoms with Crippen molar-refractivity contribution < 1.29 is 23.3 Å². The molecule has 0 saturated carbocycles. The predicted octanol–water partition coefficient (Wildman–Crippen LogP) is 6.35. The second kappa shape index (κ2) is 9.53. The molecule has 9 heteroatoms. The van der Waals surface area contributed by atoms with Crippen LogP contribution in [0, 0.1) is 0 Å². The van der Waals surface area contributed by atoms with E-state index in [1.807, 2.05) is 0 Å². The minimum atomic E-state index is -0.916. The average molecular weight is 468 g/mol. The van der Waals surface area contributed by atoms with Crippen LogP contribution in [0.4, 0.5) is 4.39 Å². The molecular formula is C19H15Cl4FO4. The Labute approximate surface area is 181 Å². The molecule has 1 heterocycles. The van der Waals surface area contributed by atoms with E-state index in [2.05, 4.69) is 0 Å². The van der Waals surface area contributed by atoms with Gasteiger partial charge in [0.15, 0.2) is 12.4 Å². The zero-order chi connectivity index (χ0) is 20.3. The summed E-state index contributed by atoms with van der Waals surface area (Å²) in [6.07, 6.45) is -2.01. The standard InChI is InChI=1S/C19H15Cl4FO4/c1-25-19-16(8-24)18(27-15-6-12(22)3-13(23)7-15)17(28-19)9-26-14-4-10(20)2-11(21)5-14/h2-8,17-19H,9H2,1H3/t17-,18+,19+/m1/s1. The van der Waals surface area contributed by atoms with E-state index in [0.717, 1.165) is 0 Å². The summed E-state index contributed by atoms with van der Waals surface area (Å²) in [5.74, 6) is 0.801. The average Bonchev–Trinajstić information content (AvgIpc) is 2.95. The molecule has 3 atom stereocenters. The Morgan fingerprint density at radius 1 is 0.929 bits per heavy atom. The van der Waals surface area contributed by atoms with Gasteiger partial charge in [0.25, 0.3) is 0 Å². The van der Waals surface area contributed by atoms with Gasteiger partial charge in [-0.05, 0) is 36.4 Å². The fraction of sp³-hybridized carbons (Fsp3) is 0.263. The monoisotopic (exact) mass is 466 g/mol. The summed E-state index contributed by atoms with van der Waals surface area (Å²) in [6, 6.07) is 9.50. The predicted molar refractivity (Wildman–Crippen MR) is 108 cm³/mol. The molecule has 0 N–H and O–H groups in total. The topological polar surface area (TPSA) is 36.9 Å². The fourth-order valence-corrected chi connectivity index (χ4v) is 3.78. The number of benzene rings is 2. The van der Waals surface area contributed by atoms with Gasteiger partial charge in [0, 0.05) is 27.2 Å². The second-order valence-electron chi connectivity index (χ2n) is 5.91. The summed E-state index contributed by atoms with van der Waals surface area (Å²) in [6.45, 7) is 0.0346. The zero-order valence-corrected chi connectivity index (χ0v) is 17.5. The van der Waals surface area contributed by atoms with E-state index in [1.165, 1.54) is 7.11 Å². The van der Waals surface area contributed by atoms with E-state index in [1.54, 1.807) is 36.4 Å². The molecule has 4 nitrogen and oxygen atoms in total. The van der Waals surface area contributed by atoms with Crippen LogP contribution in [0.3, 0.4) is 0 Å². The lowest BCUT2D eigenvalue weighted by Gasteiger charge is -2.21. The molecular weight excluding hydrogens is 453 g/mol. The van der Waals surface area contributed by atoms with Gasteiger partial charge in [-0.25, -0.2) is 4.39 Å². The Balaban J connectivity index is 1.80. The van der Waals surface area contributed by atoms with E-state index < -0.39 is 18.5 Å². The van der Waals surface area contributed by atoms with Crippen molar-refractivity contribution in [3.63, 3.8) is 0 Å². The van der Waals surface area contributed by atoms with E-state index >= 15 is 0 Å². The van der Waals surface area contributed by atoms with Crippen LogP contribution in [0.15, 0.2) is 48.3 Å². The first-order valence-corrected chi connectivity index (χ1v) is 9.61. The van der Waals surface area contributed by atoms with Crippen molar-refractivity contribution in [3.8, 4) is 11.5 Å². The van der Waals surface area contributed by atoms with Gasteiger partial charge in [0.05, 0.1) is 11.9 Å². The van der Waals surface area contributed by atoms with Crippen LogP contribution in [0.1, 0.15) is 0 Å². The molecule has 0 radical (unpaired) electrons. The summed E-state index contributed by atoms with van der Waals surface area (Å²) in [7, 11) is 1.40. The smallest absolute Gasteiger partial charge is 0.186 e. The van der Waals surface area contributed by atoms with Crippen LogP contribution in [-0.4, -0.2) is 32.2 Å². The van der Waals surface area contributed by atoms with Crippen molar-refractivity contribution in [1.82, 2.24) is 0 Å². The van der Waals surface area contributed by atoms with Crippen molar-refractivity contribution in [2.45, 2.75) is 18.5 Å². The van der Waals surface area contributed by atoms with Gasteiger partial charge in [0.1, 0.15) is 24.2 Å². The molecule has 0 unspecified atom stereocenters. The lowest BCUT2D eigenvalue weighted by molar-refractivity contribution is -0.115. The molecule has 28 heavy (non-hydrogen) atoms. The summed E-state index contributed by atoms with van der Waals surface area (Å²) >= 11 is 24.0. The number of ether oxygens (including phenoxy) is 4. The van der Waals surface area contributed by atoms with Crippen molar-refractivity contribution in [2.24, 2.45) is 0 Å². The summed E-state index contributed by atoms with van der Waals surface area (Å²) in [5, 5.41) is 1.62. The Hall–Kier alpha value is -1.21. The van der Waals surface area contributed by atoms with Crippen molar-refractivity contribution in [2.75, 3.05) is 13.7 Å². The molecule has 2 aromatic carbocycles. The molecule has 0 spiro atoms. The maximum atomic E-state index is 13.6. The van der Waals surface area contributed by atoms with E-state index in [9.17, 15) is 4.39 Å². The molecule has 0 bridgehead atoms.